The Kier molecular flexibility index (Phi) is 7.49. The van der Waals surface area contributed by atoms with Gasteiger partial charge in [0, 0.05) is 35.6 Å². The molecule has 0 radical (unpaired) electrons. The van der Waals surface area contributed by atoms with Crippen molar-refractivity contribution in [2.24, 2.45) is 0 Å². The van der Waals surface area contributed by atoms with Gasteiger partial charge in [0.25, 0.3) is 0 Å². The molecule has 0 amide bonds. The predicted octanol–water partition coefficient (Wildman–Crippen LogP) is 6.93. The highest BCUT2D eigenvalue weighted by Gasteiger charge is 2.51. The van der Waals surface area contributed by atoms with Crippen molar-refractivity contribution in [2.75, 3.05) is 33.3 Å². The summed E-state index contributed by atoms with van der Waals surface area (Å²) in [6, 6.07) is 42.0. The third-order valence-corrected chi connectivity index (χ3v) is 8.93. The number of benzene rings is 4. The fourth-order valence-electron chi connectivity index (χ4n) is 6.61. The van der Waals surface area contributed by atoms with Gasteiger partial charge in [0.15, 0.2) is 0 Å². The molecule has 4 aromatic carbocycles. The van der Waals surface area contributed by atoms with Crippen molar-refractivity contribution in [1.29, 1.82) is 0 Å². The van der Waals surface area contributed by atoms with Crippen LogP contribution >= 0.6 is 15.9 Å². The van der Waals surface area contributed by atoms with E-state index in [0.717, 1.165) is 40.8 Å². The minimum Gasteiger partial charge on any atom is -0.359 e. The van der Waals surface area contributed by atoms with Crippen LogP contribution in [0, 0.1) is 0 Å². The van der Waals surface area contributed by atoms with E-state index in [1.54, 1.807) is 0 Å². The molecule has 4 heteroatoms. The fourth-order valence-corrected chi connectivity index (χ4v) is 6.87. The van der Waals surface area contributed by atoms with Crippen LogP contribution in [0.3, 0.4) is 0 Å². The van der Waals surface area contributed by atoms with Crippen molar-refractivity contribution in [3.63, 3.8) is 0 Å². The molecular formula is C34H35BrN2O. The third kappa shape index (κ3) is 4.76. The van der Waals surface area contributed by atoms with Crippen LogP contribution in [-0.4, -0.2) is 55.2 Å². The summed E-state index contributed by atoms with van der Waals surface area (Å²) in [5, 5.41) is 0. The molecule has 2 saturated heterocycles. The van der Waals surface area contributed by atoms with Crippen molar-refractivity contribution in [3.05, 3.63) is 142 Å². The van der Waals surface area contributed by atoms with Crippen LogP contribution in [0.4, 0.5) is 0 Å². The average molecular weight is 568 g/mol. The molecule has 194 valence electrons. The minimum absolute atomic E-state index is 0.322. The normalized spacial score (nSPS) is 22.3. The van der Waals surface area contributed by atoms with E-state index in [2.05, 4.69) is 148 Å². The topological polar surface area (TPSA) is 15.7 Å². The number of likely N-dealkylation sites (N-methyl/N-ethyl adjacent to an activating group) is 1. The van der Waals surface area contributed by atoms with Gasteiger partial charge < -0.3 is 9.64 Å². The van der Waals surface area contributed by atoms with Gasteiger partial charge in [-0.15, -0.1) is 0 Å². The maximum absolute atomic E-state index is 7.32. The Hall–Kier alpha value is -2.76. The molecule has 3 atom stereocenters. The highest BCUT2D eigenvalue weighted by molar-refractivity contribution is 9.10. The van der Waals surface area contributed by atoms with Crippen LogP contribution < -0.4 is 0 Å². The summed E-state index contributed by atoms with van der Waals surface area (Å²) < 4.78 is 8.44. The van der Waals surface area contributed by atoms with Gasteiger partial charge in [0.05, 0.1) is 6.61 Å². The van der Waals surface area contributed by atoms with Gasteiger partial charge >= 0.3 is 0 Å². The van der Waals surface area contributed by atoms with Gasteiger partial charge in [-0.25, -0.2) is 0 Å². The average Bonchev–Trinajstić information content (AvgIpc) is 3.12. The van der Waals surface area contributed by atoms with E-state index in [9.17, 15) is 0 Å². The smallest absolute Gasteiger partial charge is 0.143 e. The molecule has 38 heavy (non-hydrogen) atoms. The number of halogens is 1. The number of ether oxygens (including phenoxy) is 1. The lowest BCUT2D eigenvalue weighted by molar-refractivity contribution is -0.0925. The summed E-state index contributed by atoms with van der Waals surface area (Å²) in [6.45, 7) is 4.01. The second-order valence-electron chi connectivity index (χ2n) is 10.7. The van der Waals surface area contributed by atoms with Crippen LogP contribution in [-0.2, 0) is 10.3 Å². The lowest BCUT2D eigenvalue weighted by Crippen LogP contribution is -2.66. The van der Waals surface area contributed by atoms with E-state index in [1.165, 1.54) is 12.0 Å². The summed E-state index contributed by atoms with van der Waals surface area (Å²) in [4.78, 5) is 5.21. The predicted molar refractivity (Wildman–Crippen MR) is 158 cm³/mol. The molecule has 2 aliphatic rings. The molecule has 0 bridgehead atoms. The van der Waals surface area contributed by atoms with E-state index in [4.69, 9.17) is 4.74 Å². The van der Waals surface area contributed by atoms with Crippen molar-refractivity contribution in [3.8, 4) is 0 Å². The molecule has 3 nitrogen and oxygen atoms in total. The number of nitrogens with zero attached hydrogens (tertiary/aromatic N) is 2. The van der Waals surface area contributed by atoms with Crippen LogP contribution in [0.2, 0.25) is 0 Å². The molecule has 0 aromatic heterocycles. The van der Waals surface area contributed by atoms with Crippen LogP contribution in [0.15, 0.2) is 120 Å². The first-order valence-electron chi connectivity index (χ1n) is 13.7. The zero-order valence-electron chi connectivity index (χ0n) is 21.9. The number of fused-ring (bicyclic) bond motifs is 1. The molecule has 4 aromatic rings. The monoisotopic (exact) mass is 566 g/mol. The van der Waals surface area contributed by atoms with Crippen molar-refractivity contribution >= 4 is 15.9 Å². The highest BCUT2D eigenvalue weighted by atomic mass is 79.9. The second-order valence-corrected chi connectivity index (χ2v) is 11.6. The lowest BCUT2D eigenvalue weighted by Gasteiger charge is -2.56. The van der Waals surface area contributed by atoms with Gasteiger partial charge in [-0.3, -0.25) is 4.90 Å². The Labute approximate surface area is 235 Å². The Balaban J connectivity index is 1.41. The standard InChI is InChI=1S/C34H35BrN2O/c1-36-22-11-23-37-31(24-36)33(26-18-20-30(35)21-19-26)32(37)25-38-34(27-12-5-2-6-13-27,28-14-7-3-8-15-28)29-16-9-4-10-17-29/h2-10,12-21,31-33H,11,22-25H2,1H3/t31?,32-,33-/m1/s1. The highest BCUT2D eigenvalue weighted by Crippen LogP contribution is 2.46. The lowest BCUT2D eigenvalue weighted by atomic mass is 9.74. The maximum Gasteiger partial charge on any atom is 0.143 e. The van der Waals surface area contributed by atoms with Crippen LogP contribution in [0.25, 0.3) is 0 Å². The second kappa shape index (κ2) is 11.2. The third-order valence-electron chi connectivity index (χ3n) is 8.40. The van der Waals surface area contributed by atoms with Crippen molar-refractivity contribution < 1.29 is 4.74 Å². The van der Waals surface area contributed by atoms with E-state index < -0.39 is 5.60 Å². The summed E-state index contributed by atoms with van der Waals surface area (Å²) >= 11 is 3.63. The van der Waals surface area contributed by atoms with E-state index in [-0.39, 0.29) is 0 Å². The van der Waals surface area contributed by atoms with Crippen molar-refractivity contribution in [1.82, 2.24) is 9.80 Å². The zero-order valence-corrected chi connectivity index (χ0v) is 23.5. The molecule has 0 saturated carbocycles. The number of hydrogen-bond acceptors (Lipinski definition) is 3. The van der Waals surface area contributed by atoms with E-state index in [1.807, 2.05) is 0 Å². The van der Waals surface area contributed by atoms with Crippen LogP contribution in [0.5, 0.6) is 0 Å². The maximum atomic E-state index is 7.32. The van der Waals surface area contributed by atoms with Gasteiger partial charge in [-0.05, 0) is 54.4 Å². The minimum atomic E-state index is -0.693. The molecule has 1 unspecified atom stereocenters. The van der Waals surface area contributed by atoms with Gasteiger partial charge in [0.2, 0.25) is 0 Å². The molecule has 0 aliphatic carbocycles. The van der Waals surface area contributed by atoms with Gasteiger partial charge in [-0.2, -0.15) is 0 Å². The van der Waals surface area contributed by atoms with Gasteiger partial charge in [0.1, 0.15) is 5.60 Å². The zero-order chi connectivity index (χ0) is 26.0. The summed E-state index contributed by atoms with van der Waals surface area (Å²) in [5.74, 6) is 0.434. The molecule has 0 spiro atoms. The first-order valence-corrected chi connectivity index (χ1v) is 14.5. The van der Waals surface area contributed by atoms with Crippen LogP contribution in [0.1, 0.15) is 34.6 Å². The van der Waals surface area contributed by atoms with Gasteiger partial charge in [-0.1, -0.05) is 119 Å². The summed E-state index contributed by atoms with van der Waals surface area (Å²) in [5.41, 5.74) is 4.18. The molecule has 6 rings (SSSR count). The molecular weight excluding hydrogens is 532 g/mol. The van der Waals surface area contributed by atoms with E-state index >= 15 is 0 Å². The Bertz CT molecular complexity index is 1220. The summed E-state index contributed by atoms with van der Waals surface area (Å²) in [6.07, 6.45) is 1.19. The van der Waals surface area contributed by atoms with E-state index in [0.29, 0.717) is 24.6 Å². The van der Waals surface area contributed by atoms with Crippen molar-refractivity contribution in [2.45, 2.75) is 30.0 Å². The number of hydrogen-bond donors (Lipinski definition) is 0. The SMILES string of the molecule is CN1CCCN2C(C1)[C@@H](c1ccc(Br)cc1)[C@H]2COC(c1ccccc1)(c1ccccc1)c1ccccc1. The molecule has 2 fully saturated rings. The Morgan fingerprint density at radius 1 is 0.737 bits per heavy atom. The first kappa shape index (κ1) is 25.5. The number of rotatable bonds is 7. The fraction of sp³-hybridized carbons (Fsp3) is 0.294. The molecule has 0 N–H and O–H groups in total. The molecule has 2 heterocycles. The Morgan fingerprint density at radius 2 is 1.26 bits per heavy atom. The largest absolute Gasteiger partial charge is 0.359 e. The quantitative estimate of drug-likeness (QED) is 0.225. The Morgan fingerprint density at radius 3 is 1.79 bits per heavy atom. The summed E-state index contributed by atoms with van der Waals surface area (Å²) in [7, 11) is 2.26. The molecule has 2 aliphatic heterocycles. The first-order chi connectivity index (χ1) is 18.7.